The van der Waals surface area contributed by atoms with Crippen molar-refractivity contribution >= 4 is 29.4 Å². The van der Waals surface area contributed by atoms with Gasteiger partial charge >= 0.3 is 5.69 Å². The van der Waals surface area contributed by atoms with Crippen molar-refractivity contribution in [2.24, 2.45) is 5.73 Å². The summed E-state index contributed by atoms with van der Waals surface area (Å²) in [5, 5.41) is 11.0. The maximum atomic E-state index is 13.8. The Kier molecular flexibility index (Phi) is 6.80. The van der Waals surface area contributed by atoms with E-state index < -0.39 is 50.4 Å². The molecule has 0 radical (unpaired) electrons. The fraction of sp³-hybridized carbons (Fsp3) is 0.118. The van der Waals surface area contributed by atoms with Gasteiger partial charge in [-0.3, -0.25) is 14.9 Å². The molecule has 0 aliphatic rings. The predicted molar refractivity (Wildman–Crippen MR) is 94.3 cm³/mol. The number of rotatable bonds is 7. The van der Waals surface area contributed by atoms with Gasteiger partial charge in [0.15, 0.2) is 29.0 Å². The number of carbonyl (C=O) groups excluding carboxylic acids is 1. The van der Waals surface area contributed by atoms with Crippen molar-refractivity contribution in [1.82, 2.24) is 0 Å². The van der Waals surface area contributed by atoms with Crippen LogP contribution in [0, 0.1) is 39.2 Å². The normalized spacial score (nSPS) is 11.4. The highest BCUT2D eigenvalue weighted by Crippen LogP contribution is 2.32. The Bertz CT molecular complexity index is 1000. The largest absolute Gasteiger partial charge is 0.490 e. The number of methoxy groups -OCH3 is 1. The maximum absolute atomic E-state index is 13.8. The lowest BCUT2D eigenvalue weighted by Gasteiger charge is -2.08. The van der Waals surface area contributed by atoms with Crippen molar-refractivity contribution in [2.45, 2.75) is 5.75 Å². The quantitative estimate of drug-likeness (QED) is 0.177. The van der Waals surface area contributed by atoms with Gasteiger partial charge in [0, 0.05) is 11.8 Å². The number of primary amides is 1. The van der Waals surface area contributed by atoms with Crippen LogP contribution < -0.4 is 10.5 Å². The molecule has 0 fully saturated rings. The number of benzene rings is 2. The van der Waals surface area contributed by atoms with E-state index in [9.17, 15) is 36.9 Å². The Morgan fingerprint density at radius 1 is 1.14 bits per heavy atom. The molecule has 0 atom stereocenters. The van der Waals surface area contributed by atoms with Crippen LogP contribution >= 0.6 is 11.8 Å². The lowest BCUT2D eigenvalue weighted by atomic mass is 10.1. The second-order valence-corrected chi connectivity index (χ2v) is 6.43. The van der Waals surface area contributed by atoms with Gasteiger partial charge in [0.2, 0.25) is 5.82 Å². The molecule has 0 unspecified atom stereocenters. The highest BCUT2D eigenvalue weighted by Gasteiger charge is 2.25. The minimum atomic E-state index is -2.34. The Balaban J connectivity index is 2.39. The number of carbonyl (C=O) groups is 1. The van der Waals surface area contributed by atoms with Crippen molar-refractivity contribution in [1.29, 1.82) is 0 Å². The molecule has 0 heterocycles. The van der Waals surface area contributed by atoms with E-state index >= 15 is 0 Å². The first-order chi connectivity index (χ1) is 13.6. The molecule has 2 aromatic carbocycles. The molecular weight excluding hydrogens is 423 g/mol. The summed E-state index contributed by atoms with van der Waals surface area (Å²) in [5.74, 6) is -12.3. The third kappa shape index (κ3) is 4.65. The van der Waals surface area contributed by atoms with E-state index in [1.165, 1.54) is 19.2 Å². The van der Waals surface area contributed by atoms with Crippen molar-refractivity contribution < 1.29 is 36.4 Å². The summed E-state index contributed by atoms with van der Waals surface area (Å²) >= 11 is 0.596. The lowest BCUT2D eigenvalue weighted by Crippen LogP contribution is -2.13. The van der Waals surface area contributed by atoms with Crippen molar-refractivity contribution in [3.63, 3.8) is 0 Å². The van der Waals surface area contributed by atoms with Gasteiger partial charge < -0.3 is 10.5 Å². The summed E-state index contributed by atoms with van der Waals surface area (Å²) in [7, 11) is 1.23. The van der Waals surface area contributed by atoms with Crippen molar-refractivity contribution in [3.05, 3.63) is 73.4 Å². The first-order valence-electron chi connectivity index (χ1n) is 7.55. The standard InChI is InChI=1S/C17H11F5N2O4S/c1-28-10-3-2-7(4-9(10)24(26)27)6-29-11(17(23)25)5-8-12(18)14(20)16(22)15(21)13(8)19/h2-5H,6H2,1H3,(H2,23,25)/b11-5+. The third-order valence-electron chi connectivity index (χ3n) is 3.60. The fourth-order valence-corrected chi connectivity index (χ4v) is 3.04. The summed E-state index contributed by atoms with van der Waals surface area (Å²) in [4.78, 5) is 21.4. The molecule has 12 heteroatoms. The summed E-state index contributed by atoms with van der Waals surface area (Å²) in [6.07, 6.45) is 0.432. The van der Waals surface area contributed by atoms with Crippen LogP contribution in [0.2, 0.25) is 0 Å². The second kappa shape index (κ2) is 8.90. The van der Waals surface area contributed by atoms with Gasteiger partial charge in [-0.2, -0.15) is 0 Å². The average Bonchev–Trinajstić information content (AvgIpc) is 2.69. The summed E-state index contributed by atoms with van der Waals surface area (Å²) in [5.41, 5.74) is 3.73. The molecule has 0 saturated heterocycles. The molecule has 154 valence electrons. The molecule has 2 N–H and O–H groups in total. The van der Waals surface area contributed by atoms with E-state index in [2.05, 4.69) is 0 Å². The summed E-state index contributed by atoms with van der Waals surface area (Å²) < 4.78 is 72.2. The SMILES string of the molecule is COc1ccc(CS/C(=C/c2c(F)c(F)c(F)c(F)c2F)C(N)=O)cc1[N+](=O)[O-]. The van der Waals surface area contributed by atoms with Gasteiger partial charge in [0.1, 0.15) is 0 Å². The maximum Gasteiger partial charge on any atom is 0.311 e. The van der Waals surface area contributed by atoms with Gasteiger partial charge in [-0.1, -0.05) is 6.07 Å². The summed E-state index contributed by atoms with van der Waals surface area (Å²) in [6.45, 7) is 0. The van der Waals surface area contributed by atoms with E-state index in [4.69, 9.17) is 10.5 Å². The molecule has 1 amide bonds. The molecule has 0 bridgehead atoms. The molecule has 0 spiro atoms. The molecule has 0 aliphatic heterocycles. The van der Waals surface area contributed by atoms with E-state index in [0.29, 0.717) is 23.4 Å². The van der Waals surface area contributed by atoms with Crippen molar-refractivity contribution in [2.75, 3.05) is 7.11 Å². The topological polar surface area (TPSA) is 95.5 Å². The smallest absolute Gasteiger partial charge is 0.311 e. The second-order valence-electron chi connectivity index (χ2n) is 5.41. The number of nitrogens with two attached hydrogens (primary N) is 1. The predicted octanol–water partition coefficient (Wildman–Crippen LogP) is 4.06. The van der Waals surface area contributed by atoms with Crippen LogP contribution in [-0.2, 0) is 10.5 Å². The number of halogens is 5. The minimum Gasteiger partial charge on any atom is -0.490 e. The number of thioether (sulfide) groups is 1. The Morgan fingerprint density at radius 3 is 2.17 bits per heavy atom. The Labute approximate surface area is 164 Å². The number of hydrogen-bond donors (Lipinski definition) is 1. The number of nitrogens with zero attached hydrogens (tertiary/aromatic N) is 1. The average molecular weight is 434 g/mol. The Hall–Kier alpha value is -3.15. The zero-order chi connectivity index (χ0) is 21.9. The van der Waals surface area contributed by atoms with Crippen LogP contribution in [0.4, 0.5) is 27.6 Å². The monoisotopic (exact) mass is 434 g/mol. The third-order valence-corrected chi connectivity index (χ3v) is 4.70. The van der Waals surface area contributed by atoms with Crippen LogP contribution in [0.15, 0.2) is 23.1 Å². The van der Waals surface area contributed by atoms with Gasteiger partial charge in [0.25, 0.3) is 5.91 Å². The minimum absolute atomic E-state index is 0.0178. The molecule has 0 aliphatic carbocycles. The van der Waals surface area contributed by atoms with E-state index in [1.54, 1.807) is 0 Å². The molecule has 2 aromatic rings. The number of hydrogen-bond acceptors (Lipinski definition) is 5. The lowest BCUT2D eigenvalue weighted by molar-refractivity contribution is -0.385. The first kappa shape index (κ1) is 22.1. The van der Waals surface area contributed by atoms with E-state index in [-0.39, 0.29) is 17.2 Å². The number of nitro groups is 1. The van der Waals surface area contributed by atoms with Crippen LogP contribution in [0.25, 0.3) is 6.08 Å². The van der Waals surface area contributed by atoms with E-state index in [1.807, 2.05) is 0 Å². The number of amides is 1. The molecule has 0 aromatic heterocycles. The molecule has 29 heavy (non-hydrogen) atoms. The van der Waals surface area contributed by atoms with Gasteiger partial charge in [-0.15, -0.1) is 11.8 Å². The van der Waals surface area contributed by atoms with Crippen LogP contribution in [0.3, 0.4) is 0 Å². The molecule has 6 nitrogen and oxygen atoms in total. The highest BCUT2D eigenvalue weighted by atomic mass is 32.2. The van der Waals surface area contributed by atoms with E-state index in [0.717, 1.165) is 6.07 Å². The molecule has 2 rings (SSSR count). The molecule has 0 saturated carbocycles. The van der Waals surface area contributed by atoms with Gasteiger partial charge in [-0.05, 0) is 17.7 Å². The van der Waals surface area contributed by atoms with Crippen LogP contribution in [0.5, 0.6) is 5.75 Å². The number of ether oxygens (including phenoxy) is 1. The zero-order valence-corrected chi connectivity index (χ0v) is 15.3. The molecular formula is C17H11F5N2O4S. The van der Waals surface area contributed by atoms with Crippen LogP contribution in [0.1, 0.15) is 11.1 Å². The Morgan fingerprint density at radius 2 is 1.69 bits per heavy atom. The van der Waals surface area contributed by atoms with Gasteiger partial charge in [0.05, 0.1) is 22.5 Å². The van der Waals surface area contributed by atoms with Crippen molar-refractivity contribution in [3.8, 4) is 5.75 Å². The first-order valence-corrected chi connectivity index (χ1v) is 8.54. The summed E-state index contributed by atoms with van der Waals surface area (Å²) in [6, 6.07) is 3.87. The highest BCUT2D eigenvalue weighted by molar-refractivity contribution is 8.03. The van der Waals surface area contributed by atoms with Crippen LogP contribution in [-0.4, -0.2) is 17.9 Å². The zero-order valence-electron chi connectivity index (χ0n) is 14.5. The fourth-order valence-electron chi connectivity index (χ4n) is 2.19. The van der Waals surface area contributed by atoms with Gasteiger partial charge in [-0.25, -0.2) is 22.0 Å². The number of nitro benzene ring substituents is 1.